The van der Waals surface area contributed by atoms with Gasteiger partial charge < -0.3 is 0 Å². The van der Waals surface area contributed by atoms with Crippen molar-refractivity contribution in [3.05, 3.63) is 52.3 Å². The Hall–Kier alpha value is -1.97. The summed E-state index contributed by atoms with van der Waals surface area (Å²) in [7, 11) is 0. The number of nitrogens with zero attached hydrogens (tertiary/aromatic N) is 2. The number of pyridine rings is 1. The molecule has 0 N–H and O–H groups in total. The Balaban J connectivity index is 2.59. The van der Waals surface area contributed by atoms with Gasteiger partial charge >= 0.3 is 0 Å². The van der Waals surface area contributed by atoms with E-state index in [0.29, 0.717) is 5.69 Å². The van der Waals surface area contributed by atoms with Gasteiger partial charge in [-0.1, -0.05) is 24.3 Å². The third-order valence-electron chi connectivity index (χ3n) is 2.04. The predicted octanol–water partition coefficient (Wildman–Crippen LogP) is 2.01. The number of hydrogen-bond acceptors (Lipinski definition) is 3. The summed E-state index contributed by atoms with van der Waals surface area (Å²) in [6.07, 6.45) is 1.60. The molecule has 4 nitrogen and oxygen atoms in total. The second-order valence-electron chi connectivity index (χ2n) is 2.97. The molecule has 0 fully saturated rings. The Labute approximate surface area is 80.4 Å². The maximum atomic E-state index is 10.4. The van der Waals surface area contributed by atoms with E-state index in [2.05, 4.69) is 4.98 Å². The summed E-state index contributed by atoms with van der Waals surface area (Å²) in [5, 5.41) is 12.2. The molecule has 0 radical (unpaired) electrons. The molecule has 0 saturated carbocycles. The first-order chi connectivity index (χ1) is 6.77. The summed E-state index contributed by atoms with van der Waals surface area (Å²) in [5.74, 6) is 0. The molecule has 2 rings (SSSR count). The maximum Gasteiger partial charge on any atom is 0.246 e. The zero-order chi connectivity index (χ0) is 9.97. The molecule has 0 aliphatic carbocycles. The summed E-state index contributed by atoms with van der Waals surface area (Å²) in [6, 6.07) is 9.37. The Morgan fingerprint density at radius 2 is 2.07 bits per heavy atom. The van der Waals surface area contributed by atoms with Gasteiger partial charge in [-0.3, -0.25) is 15.1 Å². The summed E-state index contributed by atoms with van der Waals surface area (Å²) in [5.41, 5.74) is 0.521. The number of benzene rings is 1. The fraction of sp³-hybridized carbons (Fsp3) is 0.100. The first-order valence-corrected chi connectivity index (χ1v) is 4.22. The van der Waals surface area contributed by atoms with Crippen LogP contribution in [0, 0.1) is 10.1 Å². The number of fused-ring (bicyclic) bond motifs is 1. The molecule has 1 aromatic carbocycles. The van der Waals surface area contributed by atoms with Crippen LogP contribution in [0.25, 0.3) is 10.8 Å². The molecule has 0 saturated heterocycles. The summed E-state index contributed by atoms with van der Waals surface area (Å²) in [4.78, 5) is 14.0. The lowest BCUT2D eigenvalue weighted by atomic mass is 10.1. The van der Waals surface area contributed by atoms with E-state index in [9.17, 15) is 10.1 Å². The van der Waals surface area contributed by atoms with Crippen molar-refractivity contribution >= 4 is 10.8 Å². The lowest BCUT2D eigenvalue weighted by molar-refractivity contribution is -0.497. The standard InChI is InChI=1S/C10H8N2O2/c13-12(14)7-10-9-4-2-1-3-8(9)5-6-11-10/h1-6H,7H2. The topological polar surface area (TPSA) is 56.0 Å². The van der Waals surface area contributed by atoms with Crippen LogP contribution in [-0.2, 0) is 6.54 Å². The fourth-order valence-electron chi connectivity index (χ4n) is 1.43. The molecular formula is C10H8N2O2. The minimum Gasteiger partial charge on any atom is -0.264 e. The molecule has 0 spiro atoms. The highest BCUT2D eigenvalue weighted by Gasteiger charge is 2.06. The smallest absolute Gasteiger partial charge is 0.246 e. The molecule has 14 heavy (non-hydrogen) atoms. The van der Waals surface area contributed by atoms with Crippen LogP contribution >= 0.6 is 0 Å². The van der Waals surface area contributed by atoms with Crippen LogP contribution in [0.4, 0.5) is 0 Å². The Kier molecular flexibility index (Phi) is 2.10. The summed E-state index contributed by atoms with van der Waals surface area (Å²) < 4.78 is 0. The quantitative estimate of drug-likeness (QED) is 0.535. The fourth-order valence-corrected chi connectivity index (χ4v) is 1.43. The van der Waals surface area contributed by atoms with Crippen LogP contribution < -0.4 is 0 Å². The van der Waals surface area contributed by atoms with Gasteiger partial charge in [-0.15, -0.1) is 0 Å². The van der Waals surface area contributed by atoms with Crippen molar-refractivity contribution in [1.29, 1.82) is 0 Å². The highest BCUT2D eigenvalue weighted by Crippen LogP contribution is 2.16. The van der Waals surface area contributed by atoms with Crippen LogP contribution in [0.3, 0.4) is 0 Å². The number of nitro groups is 1. The van der Waals surface area contributed by atoms with E-state index in [1.807, 2.05) is 30.3 Å². The molecule has 0 aliphatic heterocycles. The molecule has 0 bridgehead atoms. The van der Waals surface area contributed by atoms with Gasteiger partial charge in [0.25, 0.3) is 0 Å². The third kappa shape index (κ3) is 1.54. The van der Waals surface area contributed by atoms with E-state index in [4.69, 9.17) is 0 Å². The zero-order valence-electron chi connectivity index (χ0n) is 7.38. The van der Waals surface area contributed by atoms with E-state index in [0.717, 1.165) is 10.8 Å². The van der Waals surface area contributed by atoms with Crippen LogP contribution in [0.15, 0.2) is 36.5 Å². The van der Waals surface area contributed by atoms with Gasteiger partial charge in [-0.25, -0.2) is 0 Å². The summed E-state index contributed by atoms with van der Waals surface area (Å²) in [6.45, 7) is -0.221. The van der Waals surface area contributed by atoms with E-state index < -0.39 is 0 Å². The average Bonchev–Trinajstić information content (AvgIpc) is 2.18. The molecule has 70 valence electrons. The van der Waals surface area contributed by atoms with Gasteiger partial charge in [0.05, 0.1) is 0 Å². The van der Waals surface area contributed by atoms with Gasteiger partial charge in [0.2, 0.25) is 6.54 Å². The van der Waals surface area contributed by atoms with Crippen LogP contribution in [0.2, 0.25) is 0 Å². The van der Waals surface area contributed by atoms with Crippen LogP contribution in [-0.4, -0.2) is 9.91 Å². The predicted molar refractivity (Wildman–Crippen MR) is 52.4 cm³/mol. The lowest BCUT2D eigenvalue weighted by Crippen LogP contribution is -2.01. The van der Waals surface area contributed by atoms with Crippen LogP contribution in [0.1, 0.15) is 5.69 Å². The molecule has 0 amide bonds. The minimum absolute atomic E-state index is 0.221. The van der Waals surface area contributed by atoms with E-state index in [1.165, 1.54) is 0 Å². The van der Waals surface area contributed by atoms with Gasteiger partial charge in [-0.2, -0.15) is 0 Å². The second-order valence-corrected chi connectivity index (χ2v) is 2.97. The van der Waals surface area contributed by atoms with Crippen LogP contribution in [0.5, 0.6) is 0 Å². The van der Waals surface area contributed by atoms with Crippen molar-refractivity contribution in [2.75, 3.05) is 0 Å². The Morgan fingerprint density at radius 3 is 2.86 bits per heavy atom. The monoisotopic (exact) mass is 188 g/mol. The van der Waals surface area contributed by atoms with Crippen molar-refractivity contribution in [3.63, 3.8) is 0 Å². The van der Waals surface area contributed by atoms with Crippen molar-refractivity contribution in [2.24, 2.45) is 0 Å². The number of rotatable bonds is 2. The molecule has 0 aliphatic rings. The highest BCUT2D eigenvalue weighted by molar-refractivity contribution is 5.84. The number of aromatic nitrogens is 1. The first-order valence-electron chi connectivity index (χ1n) is 4.22. The molecular weight excluding hydrogens is 180 g/mol. The SMILES string of the molecule is O=[N+]([O-])Cc1nccc2ccccc12. The lowest BCUT2D eigenvalue weighted by Gasteiger charge is -2.00. The van der Waals surface area contributed by atoms with E-state index >= 15 is 0 Å². The minimum atomic E-state index is -0.366. The van der Waals surface area contributed by atoms with Gasteiger partial charge in [0, 0.05) is 16.5 Å². The number of hydrogen-bond donors (Lipinski definition) is 0. The third-order valence-corrected chi connectivity index (χ3v) is 2.04. The second kappa shape index (κ2) is 3.41. The van der Waals surface area contributed by atoms with Crippen molar-refractivity contribution < 1.29 is 4.92 Å². The maximum absolute atomic E-state index is 10.4. The van der Waals surface area contributed by atoms with Gasteiger partial charge in [0.15, 0.2) is 0 Å². The van der Waals surface area contributed by atoms with Crippen molar-refractivity contribution in [2.45, 2.75) is 6.54 Å². The Bertz CT molecular complexity index is 477. The molecule has 1 heterocycles. The average molecular weight is 188 g/mol. The first kappa shape index (κ1) is 8.62. The molecule has 4 heteroatoms. The normalized spacial score (nSPS) is 10.3. The highest BCUT2D eigenvalue weighted by atomic mass is 16.6. The van der Waals surface area contributed by atoms with Gasteiger partial charge in [-0.05, 0) is 11.5 Å². The van der Waals surface area contributed by atoms with E-state index in [-0.39, 0.29) is 11.5 Å². The zero-order valence-corrected chi connectivity index (χ0v) is 7.38. The van der Waals surface area contributed by atoms with E-state index in [1.54, 1.807) is 6.20 Å². The Morgan fingerprint density at radius 1 is 1.29 bits per heavy atom. The molecule has 2 aromatic rings. The van der Waals surface area contributed by atoms with Crippen molar-refractivity contribution in [1.82, 2.24) is 4.98 Å². The molecule has 0 unspecified atom stereocenters. The molecule has 1 aromatic heterocycles. The molecule has 0 atom stereocenters. The summed E-state index contributed by atoms with van der Waals surface area (Å²) >= 11 is 0. The van der Waals surface area contributed by atoms with Gasteiger partial charge in [0.1, 0.15) is 5.69 Å². The van der Waals surface area contributed by atoms with Crippen molar-refractivity contribution in [3.8, 4) is 0 Å². The largest absolute Gasteiger partial charge is 0.264 e.